The van der Waals surface area contributed by atoms with Gasteiger partial charge in [0.2, 0.25) is 0 Å². The largest absolute Gasteiger partial charge is 0.276 e. The molecule has 12 rings (SSSR count). The van der Waals surface area contributed by atoms with Crippen molar-refractivity contribution < 1.29 is 0 Å². The highest BCUT2D eigenvalue weighted by molar-refractivity contribution is 6.23. The minimum absolute atomic E-state index is 0.916. The summed E-state index contributed by atoms with van der Waals surface area (Å²) in [7, 11) is 0. The zero-order valence-electron chi connectivity index (χ0n) is 29.7. The third-order valence-corrected chi connectivity index (χ3v) is 11.5. The quantitative estimate of drug-likeness (QED) is 0.136. The molecule has 0 radical (unpaired) electrons. The highest BCUT2D eigenvalue weighted by Gasteiger charge is 2.19. The highest BCUT2D eigenvalue weighted by Crippen LogP contribution is 2.46. The van der Waals surface area contributed by atoms with Crippen LogP contribution in [0.5, 0.6) is 0 Å². The molecule has 0 atom stereocenters. The molecule has 0 N–H and O–H groups in total. The van der Waals surface area contributed by atoms with Crippen LogP contribution in [-0.2, 0) is 0 Å². The molecule has 3 aromatic heterocycles. The van der Waals surface area contributed by atoms with E-state index in [9.17, 15) is 0 Å². The van der Waals surface area contributed by atoms with E-state index in [1.165, 1.54) is 70.9 Å². The van der Waals surface area contributed by atoms with Gasteiger partial charge in [0.05, 0.1) is 11.0 Å². The van der Waals surface area contributed by atoms with Crippen LogP contribution in [0.1, 0.15) is 0 Å². The average Bonchev–Trinajstić information content (AvgIpc) is 3.65. The van der Waals surface area contributed by atoms with Gasteiger partial charge in [0.25, 0.3) is 0 Å². The first kappa shape index (κ1) is 30.1. The summed E-state index contributed by atoms with van der Waals surface area (Å²) in [5.74, 6) is 0. The molecule has 3 nitrogen and oxygen atoms in total. The van der Waals surface area contributed by atoms with Crippen molar-refractivity contribution in [2.45, 2.75) is 0 Å². The predicted octanol–water partition coefficient (Wildman–Crippen LogP) is 13.8. The van der Waals surface area contributed by atoms with E-state index in [0.29, 0.717) is 0 Å². The van der Waals surface area contributed by atoms with Crippen molar-refractivity contribution in [3.63, 3.8) is 0 Å². The van der Waals surface area contributed by atoms with Crippen LogP contribution in [0.25, 0.3) is 115 Å². The Morgan fingerprint density at radius 1 is 0.327 bits per heavy atom. The highest BCUT2D eigenvalue weighted by atomic mass is 15.1. The molecule has 0 spiro atoms. The lowest BCUT2D eigenvalue weighted by molar-refractivity contribution is 1.23. The fourth-order valence-electron chi connectivity index (χ4n) is 9.02. The van der Waals surface area contributed by atoms with Crippen LogP contribution in [0, 0.1) is 0 Å². The van der Waals surface area contributed by atoms with Crippen molar-refractivity contribution in [1.29, 1.82) is 0 Å². The van der Waals surface area contributed by atoms with Gasteiger partial charge in [0.15, 0.2) is 0 Å². The maximum absolute atomic E-state index is 5.11. The van der Waals surface area contributed by atoms with Crippen LogP contribution < -0.4 is 0 Å². The molecule has 55 heavy (non-hydrogen) atoms. The Labute approximate surface area is 316 Å². The molecular weight excluding hydrogens is 667 g/mol. The molecule has 0 unspecified atom stereocenters. The lowest BCUT2D eigenvalue weighted by atomic mass is 9.84. The van der Waals surface area contributed by atoms with Crippen molar-refractivity contribution in [2.24, 2.45) is 0 Å². The number of pyridine rings is 2. The Kier molecular flexibility index (Phi) is 6.34. The van der Waals surface area contributed by atoms with Gasteiger partial charge in [-0.25, -0.2) is 9.97 Å². The topological polar surface area (TPSA) is 30.2 Å². The number of para-hydroxylation sites is 2. The first-order valence-electron chi connectivity index (χ1n) is 18.8. The Bertz CT molecular complexity index is 3560. The second-order valence-electron chi connectivity index (χ2n) is 14.6. The molecule has 3 heterocycles. The van der Waals surface area contributed by atoms with Gasteiger partial charge in [0.1, 0.15) is 11.3 Å². The smallest absolute Gasteiger partial charge is 0.147 e. The summed E-state index contributed by atoms with van der Waals surface area (Å²) in [6.45, 7) is 0. The molecule has 3 heteroatoms. The van der Waals surface area contributed by atoms with E-state index < -0.39 is 0 Å². The second kappa shape index (κ2) is 11.6. The molecule has 254 valence electrons. The molecule has 0 bridgehead atoms. The monoisotopic (exact) mass is 697 g/mol. The summed E-state index contributed by atoms with van der Waals surface area (Å²) >= 11 is 0. The van der Waals surface area contributed by atoms with Gasteiger partial charge in [-0.05, 0) is 136 Å². The van der Waals surface area contributed by atoms with Gasteiger partial charge in [0, 0.05) is 17.0 Å². The summed E-state index contributed by atoms with van der Waals surface area (Å²) in [5, 5.41) is 13.3. The molecule has 0 aliphatic heterocycles. The zero-order valence-corrected chi connectivity index (χ0v) is 29.7. The molecular formula is C52H31N3. The van der Waals surface area contributed by atoms with Crippen LogP contribution in [-0.4, -0.2) is 14.4 Å². The third kappa shape index (κ3) is 4.50. The van der Waals surface area contributed by atoms with E-state index in [0.717, 1.165) is 44.0 Å². The van der Waals surface area contributed by atoms with Crippen LogP contribution in [0.4, 0.5) is 0 Å². The Morgan fingerprint density at radius 3 is 1.55 bits per heavy atom. The predicted molar refractivity (Wildman–Crippen MR) is 232 cm³/mol. The molecule has 0 saturated heterocycles. The molecule has 0 amide bonds. The van der Waals surface area contributed by atoms with Crippen molar-refractivity contribution >= 4 is 81.6 Å². The number of benzene rings is 9. The van der Waals surface area contributed by atoms with Gasteiger partial charge in [-0.2, -0.15) is 0 Å². The van der Waals surface area contributed by atoms with Crippen LogP contribution in [0.2, 0.25) is 0 Å². The van der Waals surface area contributed by atoms with E-state index in [1.54, 1.807) is 0 Å². The fraction of sp³-hybridized carbons (Fsp3) is 0. The van der Waals surface area contributed by atoms with E-state index in [1.807, 2.05) is 18.3 Å². The summed E-state index contributed by atoms with van der Waals surface area (Å²) in [5.41, 5.74) is 11.2. The summed E-state index contributed by atoms with van der Waals surface area (Å²) in [6.07, 6.45) is 1.88. The number of fused-ring (bicyclic) bond motifs is 12. The summed E-state index contributed by atoms with van der Waals surface area (Å²) < 4.78 is 2.21. The first-order valence-corrected chi connectivity index (χ1v) is 18.8. The molecule has 0 saturated carbocycles. The van der Waals surface area contributed by atoms with E-state index in [4.69, 9.17) is 9.97 Å². The van der Waals surface area contributed by atoms with Crippen molar-refractivity contribution in [3.05, 3.63) is 188 Å². The van der Waals surface area contributed by atoms with Gasteiger partial charge >= 0.3 is 0 Å². The van der Waals surface area contributed by atoms with Gasteiger partial charge in [-0.1, -0.05) is 127 Å². The first-order chi connectivity index (χ1) is 27.3. The molecule has 0 aliphatic carbocycles. The number of hydrogen-bond acceptors (Lipinski definition) is 2. The van der Waals surface area contributed by atoms with Gasteiger partial charge < -0.3 is 0 Å². The Morgan fingerprint density at radius 2 is 0.836 bits per heavy atom. The summed E-state index contributed by atoms with van der Waals surface area (Å²) in [4.78, 5) is 10.0. The lowest BCUT2D eigenvalue weighted by Crippen LogP contribution is -1.94. The Balaban J connectivity index is 1.16. The minimum Gasteiger partial charge on any atom is -0.276 e. The maximum atomic E-state index is 5.11. The van der Waals surface area contributed by atoms with Crippen molar-refractivity contribution in [2.75, 3.05) is 0 Å². The second-order valence-corrected chi connectivity index (χ2v) is 14.6. The third-order valence-electron chi connectivity index (χ3n) is 11.5. The number of imidazole rings is 1. The molecule has 0 aliphatic rings. The molecule has 12 aromatic rings. The number of aromatic nitrogens is 3. The van der Waals surface area contributed by atoms with Crippen molar-refractivity contribution in [1.82, 2.24) is 14.4 Å². The SMILES string of the molecule is c1ccc2cc(-c3c4ccccc4c(-c4ccc5ccccc5c4)c4cc(-c5ccc6c(c5)c5cccnc5n5c7ccccc7nc65)ccc34)ccc2c1. The zero-order chi connectivity index (χ0) is 36.0. The van der Waals surface area contributed by atoms with Gasteiger partial charge in [-0.3, -0.25) is 4.40 Å². The van der Waals surface area contributed by atoms with Crippen LogP contribution in [0.3, 0.4) is 0 Å². The van der Waals surface area contributed by atoms with Gasteiger partial charge in [-0.15, -0.1) is 0 Å². The fourth-order valence-corrected chi connectivity index (χ4v) is 9.02. The van der Waals surface area contributed by atoms with E-state index >= 15 is 0 Å². The van der Waals surface area contributed by atoms with Crippen molar-refractivity contribution in [3.8, 4) is 33.4 Å². The summed E-state index contributed by atoms with van der Waals surface area (Å²) in [6, 6.07) is 66.4. The standard InChI is InChI=1S/C52H31N3/c1-3-12-34-28-38(21-19-32(34)10-1)49-40-14-5-6-15-41(40)50(39-22-20-33-11-2-4-13-35(33)29-39)46-31-37(23-25-42(46)49)36-24-26-44-45(30-36)43-16-9-27-53-51(43)55-48-18-8-7-17-47(48)54-52(44)55/h1-31H. The van der Waals surface area contributed by atoms with Crippen LogP contribution >= 0.6 is 0 Å². The minimum atomic E-state index is 0.916. The number of nitrogens with zero attached hydrogens (tertiary/aromatic N) is 3. The molecule has 0 fully saturated rings. The molecule has 9 aromatic carbocycles. The normalized spacial score (nSPS) is 12.0. The van der Waals surface area contributed by atoms with E-state index in [2.05, 4.69) is 174 Å². The average molecular weight is 698 g/mol. The Hall–Kier alpha value is -7.36. The van der Waals surface area contributed by atoms with Crippen LogP contribution in [0.15, 0.2) is 188 Å². The number of hydrogen-bond donors (Lipinski definition) is 0. The maximum Gasteiger partial charge on any atom is 0.147 e. The van der Waals surface area contributed by atoms with E-state index in [-0.39, 0.29) is 0 Å². The lowest BCUT2D eigenvalue weighted by Gasteiger charge is -2.19. The number of rotatable bonds is 3.